The Morgan fingerprint density at radius 3 is 2.28 bits per heavy atom. The molecule has 1 aliphatic heterocycles. The van der Waals surface area contributed by atoms with E-state index in [1.807, 2.05) is 0 Å². The molecule has 1 aliphatic carbocycles. The quantitative estimate of drug-likeness (QED) is 0.339. The van der Waals surface area contributed by atoms with Crippen LogP contribution in [-0.2, 0) is 24.3 Å². The van der Waals surface area contributed by atoms with Crippen molar-refractivity contribution in [3.05, 3.63) is 22.2 Å². The maximum Gasteiger partial charge on any atom is 0.248 e. The fraction of sp³-hybridized carbons (Fsp3) is 0.708. The van der Waals surface area contributed by atoms with Crippen LogP contribution in [0, 0.1) is 0 Å². The fourth-order valence-electron chi connectivity index (χ4n) is 4.39. The molecule has 2 aliphatic rings. The summed E-state index contributed by atoms with van der Waals surface area (Å²) in [7, 11) is 0.696. The van der Waals surface area contributed by atoms with Crippen molar-refractivity contribution in [1.29, 1.82) is 0 Å². The lowest BCUT2D eigenvalue weighted by molar-refractivity contribution is -0.138. The number of likely N-dealkylation sites (N-methyl/N-ethyl adjacent to an activating group) is 2. The first-order chi connectivity index (χ1) is 17.1. The van der Waals surface area contributed by atoms with Crippen LogP contribution in [0.1, 0.15) is 32.1 Å². The van der Waals surface area contributed by atoms with Crippen LogP contribution < -0.4 is 4.74 Å². The number of carbonyl (C=O) groups is 1. The predicted octanol–water partition coefficient (Wildman–Crippen LogP) is 3.13. The largest absolute Gasteiger partial charge is 0.497 e. The number of rotatable bonds is 13. The van der Waals surface area contributed by atoms with Gasteiger partial charge in [-0.15, -0.1) is 0 Å². The van der Waals surface area contributed by atoms with Crippen LogP contribution in [0.4, 0.5) is 0 Å². The molecule has 0 aromatic heterocycles. The van der Waals surface area contributed by atoms with Crippen LogP contribution in [0.15, 0.2) is 17.0 Å². The average Bonchev–Trinajstić information content (AvgIpc) is 2.82. The van der Waals surface area contributed by atoms with Crippen LogP contribution in [0.5, 0.6) is 5.75 Å². The number of hydrogen-bond donors (Lipinski definition) is 0. The summed E-state index contributed by atoms with van der Waals surface area (Å²) in [5, 5.41) is -0.0552. The molecule has 0 bridgehead atoms. The summed E-state index contributed by atoms with van der Waals surface area (Å²) in [4.78, 5) is 16.6. The van der Waals surface area contributed by atoms with Crippen LogP contribution in [0.2, 0.25) is 10.0 Å². The van der Waals surface area contributed by atoms with Gasteiger partial charge in [0.25, 0.3) is 0 Å². The summed E-state index contributed by atoms with van der Waals surface area (Å²) < 4.78 is 43.6. The lowest BCUT2D eigenvalue weighted by atomic mass is 9.92. The number of carbonyl (C=O) groups excluding carboxylic acids is 1. The van der Waals surface area contributed by atoms with E-state index in [2.05, 4.69) is 4.90 Å². The Bertz CT molecular complexity index is 961. The molecule has 36 heavy (non-hydrogen) atoms. The molecule has 204 valence electrons. The highest BCUT2D eigenvalue weighted by atomic mass is 35.5. The van der Waals surface area contributed by atoms with Crippen LogP contribution in [0.25, 0.3) is 0 Å². The van der Waals surface area contributed by atoms with Gasteiger partial charge < -0.3 is 24.0 Å². The first-order valence-electron chi connectivity index (χ1n) is 12.3. The molecular formula is C24H37Cl2N3O6S. The van der Waals surface area contributed by atoms with Gasteiger partial charge in [0.05, 0.1) is 36.5 Å². The molecule has 0 unspecified atom stereocenters. The molecule has 3 rings (SSSR count). The van der Waals surface area contributed by atoms with Crippen molar-refractivity contribution in [2.24, 2.45) is 0 Å². The highest BCUT2D eigenvalue weighted by molar-refractivity contribution is 7.89. The van der Waals surface area contributed by atoms with Gasteiger partial charge in [0.1, 0.15) is 17.3 Å². The van der Waals surface area contributed by atoms with Crippen molar-refractivity contribution in [3.63, 3.8) is 0 Å². The Kier molecular flexibility index (Phi) is 11.1. The minimum Gasteiger partial charge on any atom is -0.497 e. The molecule has 9 nitrogen and oxygen atoms in total. The monoisotopic (exact) mass is 565 g/mol. The third-order valence-corrected chi connectivity index (χ3v) is 9.73. The SMILES string of the molecule is COc1cc(Cl)c(S(=O)(=O)N(C)CCOCC(=O)N(C)C2CCC(OCCN3CCC3)CC2)c(Cl)c1. The second-order valence-corrected chi connectivity index (χ2v) is 12.1. The fourth-order valence-corrected chi connectivity index (χ4v) is 6.68. The van der Waals surface area contributed by atoms with Crippen LogP contribution >= 0.6 is 23.2 Å². The maximum atomic E-state index is 12.9. The summed E-state index contributed by atoms with van der Waals surface area (Å²) in [5.41, 5.74) is 0. The Morgan fingerprint density at radius 1 is 1.08 bits per heavy atom. The number of sulfonamides is 1. The standard InChI is InChI=1S/C24H37Cl2N3O6S/c1-27(36(31,32)24-21(25)15-20(33-3)16-22(24)26)11-13-34-17-23(30)28(2)18-5-7-19(8-6-18)35-14-12-29-9-4-10-29/h15-16,18-19H,4-14,17H2,1-3H3. The number of amides is 1. The molecule has 1 saturated heterocycles. The summed E-state index contributed by atoms with van der Waals surface area (Å²) >= 11 is 12.3. The van der Waals surface area contributed by atoms with Crippen LogP contribution in [0.3, 0.4) is 0 Å². The van der Waals surface area contributed by atoms with E-state index in [0.29, 0.717) is 5.75 Å². The highest BCUT2D eigenvalue weighted by Gasteiger charge is 2.29. The van der Waals surface area contributed by atoms with E-state index >= 15 is 0 Å². The number of hydrogen-bond acceptors (Lipinski definition) is 7. The lowest BCUT2D eigenvalue weighted by Crippen LogP contribution is -2.43. The molecule has 1 aromatic rings. The summed E-state index contributed by atoms with van der Waals surface area (Å²) in [5.74, 6) is 0.240. The molecule has 1 saturated carbocycles. The second-order valence-electron chi connectivity index (χ2n) is 9.30. The predicted molar refractivity (Wildman–Crippen MR) is 139 cm³/mol. The number of likely N-dealkylation sites (tertiary alicyclic amines) is 1. The van der Waals surface area contributed by atoms with Crippen molar-refractivity contribution in [2.75, 3.05) is 67.2 Å². The third kappa shape index (κ3) is 7.69. The molecule has 1 heterocycles. The van der Waals surface area contributed by atoms with Crippen molar-refractivity contribution in [3.8, 4) is 5.75 Å². The van der Waals surface area contributed by atoms with Gasteiger partial charge in [-0.3, -0.25) is 4.79 Å². The molecule has 0 spiro atoms. The average molecular weight is 567 g/mol. The second kappa shape index (κ2) is 13.6. The molecule has 12 heteroatoms. The topological polar surface area (TPSA) is 88.6 Å². The zero-order chi connectivity index (χ0) is 26.3. The number of nitrogens with zero attached hydrogens (tertiary/aromatic N) is 3. The number of halogens is 2. The normalized spacial score (nSPS) is 20.8. The molecular weight excluding hydrogens is 529 g/mol. The van der Waals surface area contributed by atoms with Gasteiger partial charge in [0, 0.05) is 45.4 Å². The van der Waals surface area contributed by atoms with E-state index in [0.717, 1.165) is 43.1 Å². The van der Waals surface area contributed by atoms with Gasteiger partial charge in [-0.1, -0.05) is 23.2 Å². The van der Waals surface area contributed by atoms with Crippen molar-refractivity contribution < 1.29 is 27.4 Å². The number of ether oxygens (including phenoxy) is 3. The minimum absolute atomic E-state index is 0.0276. The molecule has 0 atom stereocenters. The van der Waals surface area contributed by atoms with E-state index in [-0.39, 0.29) is 52.8 Å². The number of benzene rings is 1. The Morgan fingerprint density at radius 2 is 1.72 bits per heavy atom. The van der Waals surface area contributed by atoms with E-state index in [4.69, 9.17) is 37.4 Å². The summed E-state index contributed by atoms with van der Waals surface area (Å²) in [6.07, 6.45) is 5.26. The zero-order valence-corrected chi connectivity index (χ0v) is 23.6. The molecule has 1 amide bonds. The smallest absolute Gasteiger partial charge is 0.248 e. The maximum absolute atomic E-state index is 12.9. The Balaban J connectivity index is 1.37. The first kappa shape index (κ1) is 29.4. The zero-order valence-electron chi connectivity index (χ0n) is 21.2. The number of methoxy groups -OCH3 is 1. The van der Waals surface area contributed by atoms with Gasteiger partial charge in [-0.2, -0.15) is 4.31 Å². The Hall–Kier alpha value is -1.14. The van der Waals surface area contributed by atoms with Gasteiger partial charge >= 0.3 is 0 Å². The van der Waals surface area contributed by atoms with Crippen molar-refractivity contribution in [1.82, 2.24) is 14.1 Å². The van der Waals surface area contributed by atoms with Crippen molar-refractivity contribution in [2.45, 2.75) is 49.1 Å². The molecule has 1 aromatic carbocycles. The van der Waals surface area contributed by atoms with Crippen LogP contribution in [-0.4, -0.2) is 108 Å². The third-order valence-electron chi connectivity index (χ3n) is 6.95. The first-order valence-corrected chi connectivity index (χ1v) is 14.5. The molecule has 0 N–H and O–H groups in total. The van der Waals surface area contributed by atoms with Gasteiger partial charge in [-0.05, 0) is 45.2 Å². The lowest BCUT2D eigenvalue weighted by Gasteiger charge is -2.35. The van der Waals surface area contributed by atoms with Crippen molar-refractivity contribution >= 4 is 39.1 Å². The van der Waals surface area contributed by atoms with E-state index in [1.165, 1.54) is 45.8 Å². The van der Waals surface area contributed by atoms with Gasteiger partial charge in [0.2, 0.25) is 15.9 Å². The van der Waals surface area contributed by atoms with E-state index in [1.54, 1.807) is 11.9 Å². The van der Waals surface area contributed by atoms with Gasteiger partial charge in [0.15, 0.2) is 0 Å². The van der Waals surface area contributed by atoms with E-state index < -0.39 is 10.0 Å². The molecule has 0 radical (unpaired) electrons. The van der Waals surface area contributed by atoms with E-state index in [9.17, 15) is 13.2 Å². The minimum atomic E-state index is -3.95. The van der Waals surface area contributed by atoms with Gasteiger partial charge in [-0.25, -0.2) is 8.42 Å². The summed E-state index contributed by atoms with van der Waals surface area (Å²) in [6.45, 7) is 4.13. The summed E-state index contributed by atoms with van der Waals surface area (Å²) in [6, 6.07) is 2.96. The molecule has 2 fully saturated rings. The highest BCUT2D eigenvalue weighted by Crippen LogP contribution is 2.35. The Labute approximate surface area is 224 Å².